The fourth-order valence-electron chi connectivity index (χ4n) is 6.53. The molecule has 0 heterocycles. The smallest absolute Gasteiger partial charge is 0.137 e. The number of ketones is 1. The molecule has 0 N–H and O–H groups in total. The van der Waals surface area contributed by atoms with Gasteiger partial charge in [-0.05, 0) is 49.9 Å². The second-order valence-corrected chi connectivity index (χ2v) is 11.1. The highest BCUT2D eigenvalue weighted by atomic mass is 16.1. The van der Waals surface area contributed by atoms with Gasteiger partial charge >= 0.3 is 0 Å². The molecule has 1 fully saturated rings. The van der Waals surface area contributed by atoms with E-state index in [-0.39, 0.29) is 0 Å². The summed E-state index contributed by atoms with van der Waals surface area (Å²) in [5.74, 6) is 3.49. The number of rotatable bonds is 13. The topological polar surface area (TPSA) is 17.1 Å². The van der Waals surface area contributed by atoms with Crippen molar-refractivity contribution >= 4 is 5.78 Å². The molecule has 0 aromatic carbocycles. The molecule has 172 valence electrons. The Morgan fingerprint density at radius 1 is 0.600 bits per heavy atom. The van der Waals surface area contributed by atoms with Crippen molar-refractivity contribution < 1.29 is 4.79 Å². The van der Waals surface area contributed by atoms with Crippen LogP contribution in [0.15, 0.2) is 11.1 Å². The minimum absolute atomic E-state index is 0.492. The molecule has 0 saturated heterocycles. The van der Waals surface area contributed by atoms with Gasteiger partial charge in [0.05, 0.1) is 0 Å². The van der Waals surface area contributed by atoms with Crippen LogP contribution in [0.1, 0.15) is 148 Å². The number of hydrogen-bond donors (Lipinski definition) is 0. The van der Waals surface area contributed by atoms with E-state index < -0.39 is 0 Å². The Hall–Kier alpha value is -0.590. The maximum Gasteiger partial charge on any atom is 0.137 e. The van der Waals surface area contributed by atoms with Crippen LogP contribution in [0.5, 0.6) is 0 Å². The Balaban J connectivity index is 1.18. The van der Waals surface area contributed by atoms with Gasteiger partial charge in [-0.2, -0.15) is 0 Å². The molecule has 1 unspecified atom stereocenters. The van der Waals surface area contributed by atoms with E-state index >= 15 is 0 Å². The van der Waals surface area contributed by atoms with Crippen molar-refractivity contribution in [2.45, 2.75) is 148 Å². The van der Waals surface area contributed by atoms with Gasteiger partial charge in [-0.15, -0.1) is 0 Å². The average Bonchev–Trinajstić information content (AvgIpc) is 2.77. The molecule has 0 aromatic heterocycles. The zero-order chi connectivity index (χ0) is 21.0. The van der Waals surface area contributed by atoms with Crippen LogP contribution < -0.4 is 0 Å². The van der Waals surface area contributed by atoms with E-state index in [4.69, 9.17) is 0 Å². The number of hydrogen-bond acceptors (Lipinski definition) is 1. The molecule has 0 amide bonds. The van der Waals surface area contributed by atoms with Gasteiger partial charge in [0.2, 0.25) is 0 Å². The first-order chi connectivity index (χ1) is 14.7. The number of carbonyl (C=O) groups is 1. The first-order valence-corrected chi connectivity index (χ1v) is 14.0. The largest absolute Gasteiger partial charge is 0.299 e. The average molecular weight is 415 g/mol. The highest BCUT2D eigenvalue weighted by Crippen LogP contribution is 2.41. The fraction of sp³-hybridized carbons (Fsp3) is 0.897. The van der Waals surface area contributed by atoms with Gasteiger partial charge in [0.25, 0.3) is 0 Å². The molecule has 3 aliphatic carbocycles. The summed E-state index contributed by atoms with van der Waals surface area (Å²) < 4.78 is 0. The molecular weight excluding hydrogens is 364 g/mol. The molecule has 0 spiro atoms. The molecule has 0 aliphatic heterocycles. The van der Waals surface area contributed by atoms with Crippen LogP contribution in [0.4, 0.5) is 0 Å². The van der Waals surface area contributed by atoms with Crippen LogP contribution in [-0.4, -0.2) is 5.78 Å². The zero-order valence-corrected chi connectivity index (χ0v) is 20.2. The predicted octanol–water partition coefficient (Wildman–Crippen LogP) is 9.34. The van der Waals surface area contributed by atoms with Crippen LogP contribution in [0.25, 0.3) is 0 Å². The number of carbonyl (C=O) groups excluding carboxylic acids is 1. The molecule has 1 heteroatoms. The Morgan fingerprint density at radius 3 is 1.90 bits per heavy atom. The lowest BCUT2D eigenvalue weighted by Crippen LogP contribution is -2.19. The van der Waals surface area contributed by atoms with E-state index in [2.05, 4.69) is 6.92 Å². The SMILES string of the molecule is CCCCCCCCCCCC1CCC(CCC2CCC3=C(CCC(=O)C3)C2)CC1. The van der Waals surface area contributed by atoms with E-state index in [1.165, 1.54) is 122 Å². The van der Waals surface area contributed by atoms with E-state index in [0.29, 0.717) is 5.78 Å². The van der Waals surface area contributed by atoms with E-state index in [1.807, 2.05) is 0 Å². The summed E-state index contributed by atoms with van der Waals surface area (Å²) in [5, 5.41) is 0. The predicted molar refractivity (Wildman–Crippen MR) is 130 cm³/mol. The maximum atomic E-state index is 11.7. The minimum atomic E-state index is 0.492. The Bertz CT molecular complexity index is 522. The van der Waals surface area contributed by atoms with Gasteiger partial charge in [0.1, 0.15) is 5.78 Å². The maximum absolute atomic E-state index is 11.7. The second kappa shape index (κ2) is 13.7. The third-order valence-corrected chi connectivity index (χ3v) is 8.67. The highest BCUT2D eigenvalue weighted by Gasteiger charge is 2.27. The molecule has 0 bridgehead atoms. The van der Waals surface area contributed by atoms with Crippen molar-refractivity contribution in [1.82, 2.24) is 0 Å². The molecule has 1 nitrogen and oxygen atoms in total. The third-order valence-electron chi connectivity index (χ3n) is 8.67. The quantitative estimate of drug-likeness (QED) is 0.217. The number of allylic oxidation sites excluding steroid dienone is 2. The summed E-state index contributed by atoms with van der Waals surface area (Å²) in [6.07, 6.45) is 30.3. The molecule has 3 rings (SSSR count). The summed E-state index contributed by atoms with van der Waals surface area (Å²) in [6, 6.07) is 0. The van der Waals surface area contributed by atoms with Crippen molar-refractivity contribution in [3.8, 4) is 0 Å². The van der Waals surface area contributed by atoms with Crippen molar-refractivity contribution in [3.05, 3.63) is 11.1 Å². The second-order valence-electron chi connectivity index (χ2n) is 11.1. The molecule has 1 saturated carbocycles. The van der Waals surface area contributed by atoms with Crippen LogP contribution >= 0.6 is 0 Å². The lowest BCUT2D eigenvalue weighted by Gasteiger charge is -2.32. The van der Waals surface area contributed by atoms with Crippen molar-refractivity contribution in [2.24, 2.45) is 17.8 Å². The lowest BCUT2D eigenvalue weighted by atomic mass is 9.73. The Labute approximate surface area is 187 Å². The van der Waals surface area contributed by atoms with Crippen molar-refractivity contribution in [2.75, 3.05) is 0 Å². The Kier molecular flexibility index (Phi) is 11.0. The monoisotopic (exact) mass is 414 g/mol. The molecule has 3 aliphatic rings. The summed E-state index contributed by atoms with van der Waals surface area (Å²) in [6.45, 7) is 2.30. The van der Waals surface area contributed by atoms with Gasteiger partial charge in [-0.1, -0.05) is 114 Å². The van der Waals surface area contributed by atoms with E-state index in [0.717, 1.165) is 37.0 Å². The van der Waals surface area contributed by atoms with Crippen LogP contribution in [0.3, 0.4) is 0 Å². The third kappa shape index (κ3) is 8.51. The van der Waals surface area contributed by atoms with Crippen LogP contribution in [0.2, 0.25) is 0 Å². The van der Waals surface area contributed by atoms with Gasteiger partial charge in [-0.3, -0.25) is 4.79 Å². The van der Waals surface area contributed by atoms with Crippen molar-refractivity contribution in [3.63, 3.8) is 0 Å². The summed E-state index contributed by atoms with van der Waals surface area (Å²) in [7, 11) is 0. The Morgan fingerprint density at radius 2 is 1.20 bits per heavy atom. The zero-order valence-electron chi connectivity index (χ0n) is 20.2. The molecular formula is C29H50O. The van der Waals surface area contributed by atoms with Crippen LogP contribution in [-0.2, 0) is 4.79 Å². The fourth-order valence-corrected chi connectivity index (χ4v) is 6.53. The minimum Gasteiger partial charge on any atom is -0.299 e. The van der Waals surface area contributed by atoms with E-state index in [9.17, 15) is 4.79 Å². The highest BCUT2D eigenvalue weighted by molar-refractivity contribution is 5.82. The lowest BCUT2D eigenvalue weighted by molar-refractivity contribution is -0.118. The normalized spacial score (nSPS) is 27.4. The van der Waals surface area contributed by atoms with Gasteiger partial charge in [0.15, 0.2) is 0 Å². The molecule has 1 atom stereocenters. The summed E-state index contributed by atoms with van der Waals surface area (Å²) >= 11 is 0. The standard InChI is InChI=1S/C29H50O/c1-2-3-4-5-6-7-8-9-10-11-24-12-14-25(15-13-24)16-17-26-18-19-28-23-29(30)21-20-27(28)22-26/h24-26H,2-23H2,1H3. The van der Waals surface area contributed by atoms with Gasteiger partial charge < -0.3 is 0 Å². The van der Waals surface area contributed by atoms with Crippen LogP contribution in [0, 0.1) is 17.8 Å². The summed E-state index contributed by atoms with van der Waals surface area (Å²) in [5.41, 5.74) is 3.23. The first kappa shape index (κ1) is 24.1. The summed E-state index contributed by atoms with van der Waals surface area (Å²) in [4.78, 5) is 11.7. The van der Waals surface area contributed by atoms with E-state index in [1.54, 1.807) is 11.1 Å². The van der Waals surface area contributed by atoms with Gasteiger partial charge in [0, 0.05) is 12.8 Å². The molecule has 30 heavy (non-hydrogen) atoms. The first-order valence-electron chi connectivity index (χ1n) is 14.0. The molecule has 0 aromatic rings. The number of unbranched alkanes of at least 4 members (excludes halogenated alkanes) is 8. The number of Topliss-reactive ketones (excluding diaryl/α,β-unsaturated/α-hetero) is 1. The molecule has 0 radical (unpaired) electrons. The van der Waals surface area contributed by atoms with Crippen molar-refractivity contribution in [1.29, 1.82) is 0 Å². The van der Waals surface area contributed by atoms with Gasteiger partial charge in [-0.25, -0.2) is 0 Å².